The molecule has 37 heavy (non-hydrogen) atoms. The van der Waals surface area contributed by atoms with E-state index in [0.29, 0.717) is 40.1 Å². The van der Waals surface area contributed by atoms with Crippen LogP contribution in [0.2, 0.25) is 15.1 Å². The first-order valence-electron chi connectivity index (χ1n) is 12.2. The second kappa shape index (κ2) is 11.2. The van der Waals surface area contributed by atoms with Gasteiger partial charge in [-0.25, -0.2) is 0 Å². The molecule has 1 aliphatic carbocycles. The fourth-order valence-corrected chi connectivity index (χ4v) is 4.91. The topological polar surface area (TPSA) is 56.4 Å². The molecule has 2 amide bonds. The number of benzene rings is 3. The number of carbonyl (C=O) groups is 2. The maximum Gasteiger partial charge on any atom is 0.254 e. The van der Waals surface area contributed by atoms with Crippen LogP contribution in [0, 0.1) is 0 Å². The first-order valence-corrected chi connectivity index (χ1v) is 13.4. The van der Waals surface area contributed by atoms with Gasteiger partial charge in [0.15, 0.2) is 0 Å². The van der Waals surface area contributed by atoms with Gasteiger partial charge in [-0.2, -0.15) is 0 Å². The molecular weight excluding hydrogens is 529 g/mol. The Morgan fingerprint density at radius 1 is 0.919 bits per heavy atom. The molecule has 3 aromatic carbocycles. The summed E-state index contributed by atoms with van der Waals surface area (Å²) in [5, 5.41) is 2.50. The van der Waals surface area contributed by atoms with Gasteiger partial charge >= 0.3 is 0 Å². The van der Waals surface area contributed by atoms with Crippen LogP contribution in [-0.4, -0.2) is 45.7 Å². The number of amides is 2. The fourth-order valence-electron chi connectivity index (χ4n) is 4.49. The smallest absolute Gasteiger partial charge is 0.254 e. The lowest BCUT2D eigenvalue weighted by Gasteiger charge is -2.28. The minimum Gasteiger partial charge on any atom is -0.361 e. The van der Waals surface area contributed by atoms with E-state index in [1.54, 1.807) is 23.1 Å². The molecule has 1 saturated carbocycles. The lowest BCUT2D eigenvalue weighted by molar-refractivity contribution is -0.132. The zero-order chi connectivity index (χ0) is 25.9. The summed E-state index contributed by atoms with van der Waals surface area (Å²) in [7, 11) is 0. The number of carbonyl (C=O) groups excluding carboxylic acids is 2. The highest BCUT2D eigenvalue weighted by molar-refractivity contribution is 6.42. The maximum absolute atomic E-state index is 13.7. The third-order valence-electron chi connectivity index (χ3n) is 6.69. The van der Waals surface area contributed by atoms with Gasteiger partial charge in [0.05, 0.1) is 10.0 Å². The Morgan fingerprint density at radius 2 is 1.68 bits per heavy atom. The van der Waals surface area contributed by atoms with Gasteiger partial charge in [-0.15, -0.1) is 0 Å². The van der Waals surface area contributed by atoms with Gasteiger partial charge < -0.3 is 14.8 Å². The average Bonchev–Trinajstić information content (AvgIpc) is 3.66. The van der Waals surface area contributed by atoms with E-state index in [4.69, 9.17) is 34.8 Å². The number of para-hydroxylation sites is 1. The molecule has 1 N–H and O–H groups in total. The zero-order valence-corrected chi connectivity index (χ0v) is 22.4. The molecule has 5 nitrogen and oxygen atoms in total. The van der Waals surface area contributed by atoms with Gasteiger partial charge in [-0.1, -0.05) is 65.1 Å². The number of hydrogen-bond donors (Lipinski definition) is 1. The van der Waals surface area contributed by atoms with E-state index < -0.39 is 0 Å². The normalized spacial score (nSPS) is 13.1. The van der Waals surface area contributed by atoms with Crippen molar-refractivity contribution in [2.75, 3.05) is 13.1 Å². The van der Waals surface area contributed by atoms with Crippen molar-refractivity contribution in [3.05, 3.63) is 105 Å². The number of nitrogens with one attached hydrogen (secondary N) is 1. The van der Waals surface area contributed by atoms with E-state index in [1.165, 1.54) is 0 Å². The van der Waals surface area contributed by atoms with E-state index in [1.807, 2.05) is 53.6 Å². The number of fused-ring (bicyclic) bond motifs is 1. The molecule has 1 aromatic heterocycles. The number of hydrogen-bond acceptors (Lipinski definition) is 2. The molecule has 4 aromatic rings. The monoisotopic (exact) mass is 553 g/mol. The Balaban J connectivity index is 1.35. The van der Waals surface area contributed by atoms with Crippen LogP contribution < -0.4 is 0 Å². The highest BCUT2D eigenvalue weighted by Crippen LogP contribution is 2.30. The van der Waals surface area contributed by atoms with Crippen molar-refractivity contribution >= 4 is 57.5 Å². The molecular formula is C29H26Cl3N3O2. The number of aromatic amines is 1. The largest absolute Gasteiger partial charge is 0.361 e. The minimum absolute atomic E-state index is 0.00518. The minimum atomic E-state index is -0.211. The van der Waals surface area contributed by atoms with Gasteiger partial charge in [0, 0.05) is 46.8 Å². The lowest BCUT2D eigenvalue weighted by atomic mass is 10.1. The first kappa shape index (κ1) is 25.7. The summed E-state index contributed by atoms with van der Waals surface area (Å²) in [5.74, 6) is -0.312. The van der Waals surface area contributed by atoms with E-state index in [-0.39, 0.29) is 24.4 Å². The number of aromatic nitrogens is 1. The SMILES string of the molecule is O=C(CN(C(=O)c1ccc(Cl)c(Cl)c1)C1CC1)N(CCc1c[nH]c2ccccc12)Cc1ccc(Cl)cc1. The predicted molar refractivity (Wildman–Crippen MR) is 149 cm³/mol. The molecule has 8 heteroatoms. The third-order valence-corrected chi connectivity index (χ3v) is 7.68. The molecule has 0 saturated heterocycles. The number of halogens is 3. The van der Waals surface area contributed by atoms with Gasteiger partial charge in [0.1, 0.15) is 6.54 Å². The molecule has 190 valence electrons. The summed E-state index contributed by atoms with van der Waals surface area (Å²) in [6, 6.07) is 20.5. The molecule has 0 atom stereocenters. The Kier molecular flexibility index (Phi) is 7.75. The molecule has 1 heterocycles. The quantitative estimate of drug-likeness (QED) is 0.242. The number of H-pyrrole nitrogens is 1. The maximum atomic E-state index is 13.7. The lowest BCUT2D eigenvalue weighted by Crippen LogP contribution is -2.44. The first-order chi connectivity index (χ1) is 17.9. The van der Waals surface area contributed by atoms with Crippen LogP contribution in [0.25, 0.3) is 10.9 Å². The zero-order valence-electron chi connectivity index (χ0n) is 20.1. The summed E-state index contributed by atoms with van der Waals surface area (Å²) in [6.07, 6.45) is 4.45. The van der Waals surface area contributed by atoms with Crippen LogP contribution in [0.5, 0.6) is 0 Å². The van der Waals surface area contributed by atoms with Crippen molar-refractivity contribution in [2.24, 2.45) is 0 Å². The number of nitrogens with zero attached hydrogens (tertiary/aromatic N) is 2. The van der Waals surface area contributed by atoms with Crippen LogP contribution >= 0.6 is 34.8 Å². The Morgan fingerprint density at radius 3 is 2.41 bits per heavy atom. The van der Waals surface area contributed by atoms with Crippen LogP contribution in [0.15, 0.2) is 72.9 Å². The highest BCUT2D eigenvalue weighted by atomic mass is 35.5. The van der Waals surface area contributed by atoms with Crippen molar-refractivity contribution < 1.29 is 9.59 Å². The van der Waals surface area contributed by atoms with Gasteiger partial charge in [-0.3, -0.25) is 9.59 Å². The Labute approximate surface area is 230 Å². The molecule has 0 spiro atoms. The Hall–Kier alpha value is -2.99. The van der Waals surface area contributed by atoms with Crippen molar-refractivity contribution in [3.63, 3.8) is 0 Å². The summed E-state index contributed by atoms with van der Waals surface area (Å²) in [4.78, 5) is 33.9. The van der Waals surface area contributed by atoms with Gasteiger partial charge in [0.2, 0.25) is 5.91 Å². The standard InChI is InChI=1S/C29H26Cl3N3O2/c30-22-8-5-19(6-9-22)17-34(14-13-21-16-33-27-4-2-1-3-24(21)27)28(36)18-35(23-10-11-23)29(37)20-7-12-25(31)26(32)15-20/h1-9,12,15-16,23,33H,10-11,13-14,17-18H2. The third kappa shape index (κ3) is 6.12. The van der Waals surface area contributed by atoms with E-state index in [9.17, 15) is 9.59 Å². The van der Waals surface area contributed by atoms with Crippen molar-refractivity contribution in [1.29, 1.82) is 0 Å². The molecule has 0 unspecified atom stereocenters. The predicted octanol–water partition coefficient (Wildman–Crippen LogP) is 7.00. The van der Waals surface area contributed by atoms with E-state index in [2.05, 4.69) is 11.1 Å². The summed E-state index contributed by atoms with van der Waals surface area (Å²) in [6.45, 7) is 0.950. The van der Waals surface area contributed by atoms with Crippen molar-refractivity contribution in [1.82, 2.24) is 14.8 Å². The molecule has 0 bridgehead atoms. The molecule has 5 rings (SSSR count). The Bertz CT molecular complexity index is 1430. The second-order valence-corrected chi connectivity index (χ2v) is 10.6. The summed E-state index contributed by atoms with van der Waals surface area (Å²) < 4.78 is 0. The molecule has 0 radical (unpaired) electrons. The van der Waals surface area contributed by atoms with Gasteiger partial charge in [0.25, 0.3) is 5.91 Å². The fraction of sp³-hybridized carbons (Fsp3) is 0.241. The molecule has 0 aliphatic heterocycles. The van der Waals surface area contributed by atoms with Crippen molar-refractivity contribution in [3.8, 4) is 0 Å². The van der Waals surface area contributed by atoms with Crippen LogP contribution in [0.1, 0.15) is 34.3 Å². The van der Waals surface area contributed by atoms with Crippen LogP contribution in [0.3, 0.4) is 0 Å². The second-order valence-electron chi connectivity index (χ2n) is 9.34. The van der Waals surface area contributed by atoms with E-state index >= 15 is 0 Å². The van der Waals surface area contributed by atoms with E-state index in [0.717, 1.165) is 34.9 Å². The molecule has 1 fully saturated rings. The molecule has 1 aliphatic rings. The van der Waals surface area contributed by atoms with Crippen LogP contribution in [-0.2, 0) is 17.8 Å². The highest BCUT2D eigenvalue weighted by Gasteiger charge is 2.35. The summed E-state index contributed by atoms with van der Waals surface area (Å²) in [5.41, 5.74) is 3.62. The van der Waals surface area contributed by atoms with Gasteiger partial charge in [-0.05, 0) is 66.8 Å². The number of rotatable bonds is 9. The van der Waals surface area contributed by atoms with Crippen molar-refractivity contribution in [2.45, 2.75) is 31.8 Å². The average molecular weight is 555 g/mol. The summed E-state index contributed by atoms with van der Waals surface area (Å²) >= 11 is 18.3. The van der Waals surface area contributed by atoms with Crippen LogP contribution in [0.4, 0.5) is 0 Å².